The monoisotopic (exact) mass is 401 g/mol. The molecule has 28 heavy (non-hydrogen) atoms. The Kier molecular flexibility index (Phi) is 5.02. The van der Waals surface area contributed by atoms with Crippen LogP contribution in [0.1, 0.15) is 27.0 Å². The summed E-state index contributed by atoms with van der Waals surface area (Å²) in [5.41, 5.74) is 2.45. The molecular formula is C20H16ClNO6. The third-order valence-electron chi connectivity index (χ3n) is 4.56. The molecule has 0 bridgehead atoms. The van der Waals surface area contributed by atoms with Crippen molar-refractivity contribution < 1.29 is 28.6 Å². The Morgan fingerprint density at radius 3 is 2.86 bits per heavy atom. The van der Waals surface area contributed by atoms with Gasteiger partial charge in [0.05, 0.1) is 13.0 Å². The van der Waals surface area contributed by atoms with E-state index in [1.54, 1.807) is 36.4 Å². The molecule has 2 aromatic rings. The number of imide groups is 1. The number of carbonyl (C=O) groups is 3. The van der Waals surface area contributed by atoms with E-state index in [2.05, 4.69) is 0 Å². The fraction of sp³-hybridized carbons (Fsp3) is 0.250. The predicted molar refractivity (Wildman–Crippen MR) is 97.7 cm³/mol. The minimum atomic E-state index is -0.693. The van der Waals surface area contributed by atoms with Gasteiger partial charge in [0.2, 0.25) is 5.91 Å². The van der Waals surface area contributed by atoms with Gasteiger partial charge in [-0.15, -0.1) is 0 Å². The quantitative estimate of drug-likeness (QED) is 0.578. The maximum atomic E-state index is 12.5. The van der Waals surface area contributed by atoms with Gasteiger partial charge in [0, 0.05) is 21.7 Å². The highest BCUT2D eigenvalue weighted by Crippen LogP contribution is 2.32. The number of carbonyl (C=O) groups excluding carboxylic acids is 3. The SMILES string of the molecule is O=C(CN1C(=O)Cc2ccccc2C1=O)OCc1cc(Cl)cc2c1OCOC2. The topological polar surface area (TPSA) is 82.1 Å². The maximum Gasteiger partial charge on any atom is 0.326 e. The molecule has 2 heterocycles. The number of ether oxygens (including phenoxy) is 3. The van der Waals surface area contributed by atoms with E-state index in [1.165, 1.54) is 0 Å². The molecule has 8 heteroatoms. The molecule has 2 aliphatic heterocycles. The number of hydrogen-bond acceptors (Lipinski definition) is 6. The van der Waals surface area contributed by atoms with E-state index >= 15 is 0 Å². The summed E-state index contributed by atoms with van der Waals surface area (Å²) in [7, 11) is 0. The molecule has 0 aliphatic carbocycles. The number of benzene rings is 2. The smallest absolute Gasteiger partial charge is 0.326 e. The fourth-order valence-electron chi connectivity index (χ4n) is 3.26. The molecule has 0 unspecified atom stereocenters. The summed E-state index contributed by atoms with van der Waals surface area (Å²) >= 11 is 6.09. The van der Waals surface area contributed by atoms with Crippen molar-refractivity contribution in [2.24, 2.45) is 0 Å². The van der Waals surface area contributed by atoms with Crippen LogP contribution in [0.4, 0.5) is 0 Å². The van der Waals surface area contributed by atoms with Crippen molar-refractivity contribution in [3.8, 4) is 5.75 Å². The normalized spacial score (nSPS) is 15.5. The largest absolute Gasteiger partial charge is 0.467 e. The molecule has 2 amide bonds. The van der Waals surface area contributed by atoms with Crippen LogP contribution >= 0.6 is 11.6 Å². The summed E-state index contributed by atoms with van der Waals surface area (Å²) in [6.07, 6.45) is 0.0742. The maximum absolute atomic E-state index is 12.5. The van der Waals surface area contributed by atoms with Gasteiger partial charge in [-0.1, -0.05) is 29.8 Å². The van der Waals surface area contributed by atoms with Crippen molar-refractivity contribution in [3.63, 3.8) is 0 Å². The number of esters is 1. The van der Waals surface area contributed by atoms with E-state index < -0.39 is 24.3 Å². The second kappa shape index (κ2) is 7.61. The molecule has 7 nitrogen and oxygen atoms in total. The van der Waals surface area contributed by atoms with Crippen molar-refractivity contribution in [2.75, 3.05) is 13.3 Å². The average molecular weight is 402 g/mol. The van der Waals surface area contributed by atoms with Gasteiger partial charge in [0.25, 0.3) is 5.91 Å². The lowest BCUT2D eigenvalue weighted by Gasteiger charge is -2.26. The molecule has 0 saturated heterocycles. The first-order valence-electron chi connectivity index (χ1n) is 8.63. The summed E-state index contributed by atoms with van der Waals surface area (Å²) in [5, 5.41) is 0.469. The zero-order valence-electron chi connectivity index (χ0n) is 14.8. The summed E-state index contributed by atoms with van der Waals surface area (Å²) in [6, 6.07) is 10.2. The van der Waals surface area contributed by atoms with Gasteiger partial charge >= 0.3 is 5.97 Å². The van der Waals surface area contributed by atoms with Crippen LogP contribution in [0.5, 0.6) is 5.75 Å². The van der Waals surface area contributed by atoms with E-state index in [0.717, 1.165) is 10.5 Å². The highest BCUT2D eigenvalue weighted by atomic mass is 35.5. The van der Waals surface area contributed by atoms with Crippen LogP contribution in [0.3, 0.4) is 0 Å². The second-order valence-electron chi connectivity index (χ2n) is 6.44. The first-order chi connectivity index (χ1) is 13.5. The van der Waals surface area contributed by atoms with Crippen LogP contribution in [0.25, 0.3) is 0 Å². The van der Waals surface area contributed by atoms with E-state index in [9.17, 15) is 14.4 Å². The summed E-state index contributed by atoms with van der Waals surface area (Å²) < 4.78 is 16.0. The Morgan fingerprint density at radius 1 is 1.18 bits per heavy atom. The zero-order chi connectivity index (χ0) is 19.7. The van der Waals surface area contributed by atoms with E-state index in [4.69, 9.17) is 25.8 Å². The Balaban J connectivity index is 1.44. The molecule has 0 saturated carbocycles. The van der Waals surface area contributed by atoms with Gasteiger partial charge < -0.3 is 14.2 Å². The highest BCUT2D eigenvalue weighted by Gasteiger charge is 2.32. The van der Waals surface area contributed by atoms with E-state index in [-0.39, 0.29) is 19.8 Å². The number of amides is 2. The van der Waals surface area contributed by atoms with Crippen molar-refractivity contribution in [1.82, 2.24) is 4.90 Å². The van der Waals surface area contributed by atoms with E-state index in [0.29, 0.717) is 34.1 Å². The zero-order valence-corrected chi connectivity index (χ0v) is 15.5. The minimum Gasteiger partial charge on any atom is -0.467 e. The number of hydrogen-bond donors (Lipinski definition) is 0. The lowest BCUT2D eigenvalue weighted by Crippen LogP contribution is -2.45. The molecule has 4 rings (SSSR count). The Hall–Kier alpha value is -2.90. The third-order valence-corrected chi connectivity index (χ3v) is 4.78. The number of fused-ring (bicyclic) bond motifs is 2. The molecule has 144 valence electrons. The third kappa shape index (κ3) is 3.58. The van der Waals surface area contributed by atoms with Gasteiger partial charge in [-0.25, -0.2) is 0 Å². The average Bonchev–Trinajstić information content (AvgIpc) is 2.69. The molecular weight excluding hydrogens is 386 g/mol. The van der Waals surface area contributed by atoms with Crippen LogP contribution in [0.2, 0.25) is 5.02 Å². The highest BCUT2D eigenvalue weighted by molar-refractivity contribution is 6.30. The van der Waals surface area contributed by atoms with Crippen LogP contribution in [0, 0.1) is 0 Å². The van der Waals surface area contributed by atoms with Crippen molar-refractivity contribution in [2.45, 2.75) is 19.6 Å². The molecule has 0 atom stereocenters. The first kappa shape index (κ1) is 18.5. The molecule has 0 radical (unpaired) electrons. The summed E-state index contributed by atoms with van der Waals surface area (Å²) in [4.78, 5) is 38.0. The van der Waals surface area contributed by atoms with E-state index in [1.807, 2.05) is 0 Å². The second-order valence-corrected chi connectivity index (χ2v) is 6.88. The number of halogens is 1. The number of nitrogens with zero attached hydrogens (tertiary/aromatic N) is 1. The molecule has 0 fully saturated rings. The van der Waals surface area contributed by atoms with Crippen molar-refractivity contribution in [3.05, 3.63) is 63.7 Å². The summed E-state index contributed by atoms with van der Waals surface area (Å²) in [6.45, 7) is -0.0773. The lowest BCUT2D eigenvalue weighted by molar-refractivity contribution is -0.149. The predicted octanol–water partition coefficient (Wildman–Crippen LogP) is 2.47. The first-order valence-corrected chi connectivity index (χ1v) is 9.01. The summed E-state index contributed by atoms with van der Waals surface area (Å²) in [5.74, 6) is -1.05. The minimum absolute atomic E-state index is 0.0742. The van der Waals surface area contributed by atoms with Crippen LogP contribution in [-0.2, 0) is 38.7 Å². The van der Waals surface area contributed by atoms with Crippen molar-refractivity contribution in [1.29, 1.82) is 0 Å². The Labute approximate surface area is 165 Å². The van der Waals surface area contributed by atoms with Crippen LogP contribution in [-0.4, -0.2) is 36.0 Å². The Morgan fingerprint density at radius 2 is 2.00 bits per heavy atom. The molecule has 2 aromatic carbocycles. The van der Waals surface area contributed by atoms with Gasteiger partial charge in [-0.3, -0.25) is 19.3 Å². The Bertz CT molecular complexity index is 973. The molecule has 0 N–H and O–H groups in total. The van der Waals surface area contributed by atoms with Crippen molar-refractivity contribution >= 4 is 29.4 Å². The van der Waals surface area contributed by atoms with Gasteiger partial charge in [-0.05, 0) is 23.8 Å². The molecule has 0 spiro atoms. The number of rotatable bonds is 4. The fourth-order valence-corrected chi connectivity index (χ4v) is 3.52. The van der Waals surface area contributed by atoms with Crippen LogP contribution in [0.15, 0.2) is 36.4 Å². The molecule has 2 aliphatic rings. The standard InChI is InChI=1S/C20H16ClNO6/c21-15-5-13-9-26-11-28-19(13)14(6-15)10-27-18(24)8-22-17(23)7-12-3-1-2-4-16(12)20(22)25/h1-6H,7-11H2. The van der Waals surface area contributed by atoms with Gasteiger partial charge in [0.1, 0.15) is 18.9 Å². The van der Waals surface area contributed by atoms with Gasteiger partial charge in [0.15, 0.2) is 6.79 Å². The molecule has 0 aromatic heterocycles. The van der Waals surface area contributed by atoms with Crippen LogP contribution < -0.4 is 4.74 Å². The van der Waals surface area contributed by atoms with Gasteiger partial charge in [-0.2, -0.15) is 0 Å². The lowest BCUT2D eigenvalue weighted by atomic mass is 9.98.